The first kappa shape index (κ1) is 19.8. The molecular weight excluding hydrogens is 378 g/mol. The van der Waals surface area contributed by atoms with Gasteiger partial charge in [-0.25, -0.2) is 8.42 Å². The number of aliphatic carboxylic acids is 1. The molecule has 136 valence electrons. The molecule has 0 radical (unpaired) electrons. The Morgan fingerprint density at radius 2 is 1.77 bits per heavy atom. The number of sulfonamides is 1. The van der Waals surface area contributed by atoms with E-state index in [1.807, 2.05) is 0 Å². The number of ether oxygens (including phenoxy) is 1. The van der Waals surface area contributed by atoms with Crippen molar-refractivity contribution in [3.8, 4) is 17.6 Å². The van der Waals surface area contributed by atoms with Crippen LogP contribution in [-0.2, 0) is 14.8 Å². The van der Waals surface area contributed by atoms with Crippen molar-refractivity contribution in [1.29, 1.82) is 0 Å². The molecule has 0 unspecified atom stereocenters. The van der Waals surface area contributed by atoms with Crippen LogP contribution in [0.3, 0.4) is 0 Å². The Morgan fingerprint density at radius 1 is 1.15 bits per heavy atom. The third kappa shape index (κ3) is 5.49. The van der Waals surface area contributed by atoms with Crippen molar-refractivity contribution in [2.24, 2.45) is 0 Å². The molecule has 0 aliphatic carbocycles. The topological polar surface area (TPSA) is 83.9 Å². The average molecular weight is 394 g/mol. The summed E-state index contributed by atoms with van der Waals surface area (Å²) in [6.45, 7) is -0.478. The van der Waals surface area contributed by atoms with Crippen LogP contribution in [0.4, 0.5) is 0 Å². The van der Waals surface area contributed by atoms with Gasteiger partial charge in [-0.15, -0.1) is 0 Å². The zero-order valence-electron chi connectivity index (χ0n) is 13.8. The van der Waals surface area contributed by atoms with E-state index in [9.17, 15) is 13.2 Å². The summed E-state index contributed by atoms with van der Waals surface area (Å²) in [5.41, 5.74) is 0.806. The molecule has 2 aromatic rings. The van der Waals surface area contributed by atoms with Gasteiger partial charge in [0.05, 0.1) is 4.90 Å². The number of halogens is 1. The number of carboxylic acids is 1. The molecule has 0 aliphatic rings. The number of rotatable bonds is 6. The van der Waals surface area contributed by atoms with Crippen molar-refractivity contribution in [1.82, 2.24) is 4.31 Å². The largest absolute Gasteiger partial charge is 0.481 e. The molecule has 0 atom stereocenters. The van der Waals surface area contributed by atoms with Crippen LogP contribution < -0.4 is 4.74 Å². The van der Waals surface area contributed by atoms with Gasteiger partial charge in [-0.1, -0.05) is 23.4 Å². The van der Waals surface area contributed by atoms with Gasteiger partial charge in [-0.3, -0.25) is 4.79 Å². The van der Waals surface area contributed by atoms with Crippen LogP contribution in [-0.4, -0.2) is 44.0 Å². The van der Waals surface area contributed by atoms with Crippen molar-refractivity contribution in [2.45, 2.75) is 4.90 Å². The van der Waals surface area contributed by atoms with E-state index in [4.69, 9.17) is 21.4 Å². The Morgan fingerprint density at radius 3 is 2.35 bits per heavy atom. The molecule has 26 heavy (non-hydrogen) atoms. The Kier molecular flexibility index (Phi) is 6.64. The Hall–Kier alpha value is -2.53. The second kappa shape index (κ2) is 8.72. The predicted octanol–water partition coefficient (Wildman–Crippen LogP) is 2.48. The first-order valence-electron chi connectivity index (χ1n) is 7.44. The fourth-order valence-corrected chi connectivity index (χ4v) is 3.20. The van der Waals surface area contributed by atoms with Crippen molar-refractivity contribution < 1.29 is 23.1 Å². The SMILES string of the molecule is CN(CC(=O)O)S(=O)(=O)c1ccc(OCC#Cc2ccc(Cl)cc2)cc1. The van der Waals surface area contributed by atoms with E-state index < -0.39 is 22.5 Å². The third-order valence-corrected chi connectivity index (χ3v) is 5.35. The number of carbonyl (C=O) groups is 1. The second-order valence-electron chi connectivity index (χ2n) is 5.22. The summed E-state index contributed by atoms with van der Waals surface area (Å²) < 4.78 is 30.6. The van der Waals surface area contributed by atoms with Crippen LogP contribution in [0.15, 0.2) is 53.4 Å². The zero-order chi connectivity index (χ0) is 19.2. The molecule has 0 saturated carbocycles. The summed E-state index contributed by atoms with van der Waals surface area (Å²) in [5.74, 6) is 4.99. The molecule has 6 nitrogen and oxygen atoms in total. The lowest BCUT2D eigenvalue weighted by Crippen LogP contribution is -2.31. The second-order valence-corrected chi connectivity index (χ2v) is 7.70. The van der Waals surface area contributed by atoms with Gasteiger partial charge in [0.25, 0.3) is 0 Å². The molecule has 8 heteroatoms. The van der Waals surface area contributed by atoms with E-state index in [2.05, 4.69) is 11.8 Å². The Labute approximate surface area is 157 Å². The highest BCUT2D eigenvalue weighted by Gasteiger charge is 2.22. The number of carboxylic acid groups (broad SMARTS) is 1. The fourth-order valence-electron chi connectivity index (χ4n) is 1.95. The summed E-state index contributed by atoms with van der Waals surface area (Å²) in [4.78, 5) is 10.6. The molecule has 0 aromatic heterocycles. The first-order valence-corrected chi connectivity index (χ1v) is 9.26. The number of nitrogens with zero attached hydrogens (tertiary/aromatic N) is 1. The lowest BCUT2D eigenvalue weighted by Gasteiger charge is -2.15. The molecule has 2 rings (SSSR count). The van der Waals surface area contributed by atoms with Gasteiger partial charge in [-0.2, -0.15) is 4.31 Å². The highest BCUT2D eigenvalue weighted by Crippen LogP contribution is 2.18. The van der Waals surface area contributed by atoms with Crippen LogP contribution in [0.2, 0.25) is 5.02 Å². The summed E-state index contributed by atoms with van der Waals surface area (Å²) in [6, 6.07) is 12.8. The standard InChI is InChI=1S/C18H16ClNO5S/c1-20(13-18(21)22)26(23,24)17-10-8-16(9-11-17)25-12-2-3-14-4-6-15(19)7-5-14/h4-11H,12-13H2,1H3,(H,21,22). The maximum Gasteiger partial charge on any atom is 0.318 e. The normalized spacial score (nSPS) is 10.9. The van der Waals surface area contributed by atoms with Crippen LogP contribution in [0.1, 0.15) is 5.56 Å². The fraction of sp³-hybridized carbons (Fsp3) is 0.167. The van der Waals surface area contributed by atoms with Crippen LogP contribution in [0, 0.1) is 11.8 Å². The smallest absolute Gasteiger partial charge is 0.318 e. The predicted molar refractivity (Wildman–Crippen MR) is 97.7 cm³/mol. The maximum atomic E-state index is 12.2. The monoisotopic (exact) mass is 393 g/mol. The summed E-state index contributed by atoms with van der Waals surface area (Å²) in [5, 5.41) is 9.34. The molecule has 2 aromatic carbocycles. The van der Waals surface area contributed by atoms with Gasteiger partial charge in [0, 0.05) is 17.6 Å². The highest BCUT2D eigenvalue weighted by molar-refractivity contribution is 7.89. The molecule has 1 N–H and O–H groups in total. The summed E-state index contributed by atoms with van der Waals surface area (Å²) in [7, 11) is -2.65. The average Bonchev–Trinajstić information content (AvgIpc) is 2.60. The van der Waals surface area contributed by atoms with Gasteiger partial charge >= 0.3 is 5.97 Å². The van der Waals surface area contributed by atoms with E-state index in [1.165, 1.54) is 31.3 Å². The zero-order valence-corrected chi connectivity index (χ0v) is 15.4. The lowest BCUT2D eigenvalue weighted by atomic mass is 10.2. The highest BCUT2D eigenvalue weighted by atomic mass is 35.5. The van der Waals surface area contributed by atoms with E-state index in [-0.39, 0.29) is 11.5 Å². The minimum Gasteiger partial charge on any atom is -0.481 e. The first-order chi connectivity index (χ1) is 12.3. The number of hydrogen-bond donors (Lipinski definition) is 1. The number of benzene rings is 2. The van der Waals surface area contributed by atoms with E-state index >= 15 is 0 Å². The summed E-state index contributed by atoms with van der Waals surface area (Å²) >= 11 is 5.79. The maximum absolute atomic E-state index is 12.2. The molecule has 0 amide bonds. The van der Waals surface area contributed by atoms with Gasteiger partial charge in [0.1, 0.15) is 18.9 Å². The minimum atomic E-state index is -3.86. The molecule has 0 aliphatic heterocycles. The molecular formula is C18H16ClNO5S. The van der Waals surface area contributed by atoms with E-state index in [0.717, 1.165) is 9.87 Å². The molecule has 0 bridgehead atoms. The number of likely N-dealkylation sites (N-methyl/N-ethyl adjacent to an activating group) is 1. The van der Waals surface area contributed by atoms with Crippen LogP contribution in [0.5, 0.6) is 5.75 Å². The van der Waals surface area contributed by atoms with Crippen LogP contribution >= 0.6 is 11.6 Å². The quantitative estimate of drug-likeness (QED) is 0.762. The molecule has 0 saturated heterocycles. The molecule has 0 spiro atoms. The Balaban J connectivity index is 1.97. The van der Waals surface area contributed by atoms with E-state index in [1.54, 1.807) is 24.3 Å². The summed E-state index contributed by atoms with van der Waals surface area (Å²) in [6.07, 6.45) is 0. The van der Waals surface area contributed by atoms with Crippen molar-refractivity contribution in [2.75, 3.05) is 20.2 Å². The van der Waals surface area contributed by atoms with Crippen LogP contribution in [0.25, 0.3) is 0 Å². The van der Waals surface area contributed by atoms with Gasteiger partial charge in [0.2, 0.25) is 10.0 Å². The minimum absolute atomic E-state index is 0.0131. The Bertz CT molecular complexity index is 928. The third-order valence-electron chi connectivity index (χ3n) is 3.28. The molecule has 0 fully saturated rings. The number of hydrogen-bond acceptors (Lipinski definition) is 4. The van der Waals surface area contributed by atoms with E-state index in [0.29, 0.717) is 10.8 Å². The molecule has 0 heterocycles. The van der Waals surface area contributed by atoms with Gasteiger partial charge in [-0.05, 0) is 48.5 Å². The lowest BCUT2D eigenvalue weighted by molar-refractivity contribution is -0.137. The van der Waals surface area contributed by atoms with Crippen molar-refractivity contribution in [3.05, 3.63) is 59.1 Å². The van der Waals surface area contributed by atoms with Crippen molar-refractivity contribution in [3.63, 3.8) is 0 Å². The van der Waals surface area contributed by atoms with Gasteiger partial charge in [0.15, 0.2) is 0 Å². The van der Waals surface area contributed by atoms with Crippen molar-refractivity contribution >= 4 is 27.6 Å². The van der Waals surface area contributed by atoms with Gasteiger partial charge < -0.3 is 9.84 Å².